The van der Waals surface area contributed by atoms with E-state index in [0.29, 0.717) is 0 Å². The standard InChI is InChI=1S/C30H56/c1-5-7-9-11-13-15-17-19-21-23-25-29(3)27-28-30(4)26-24-22-20-18-16-14-12-10-8-6-2/h29-30H,1-2,5-15,17,19-28H2,3-4H3. The van der Waals surface area contributed by atoms with E-state index in [2.05, 4.69) is 39.5 Å². The van der Waals surface area contributed by atoms with Gasteiger partial charge in [-0.3, -0.25) is 0 Å². The van der Waals surface area contributed by atoms with Crippen LogP contribution in [-0.4, -0.2) is 0 Å². The van der Waals surface area contributed by atoms with Crippen molar-refractivity contribution >= 4 is 0 Å². The topological polar surface area (TPSA) is 0 Å². The second kappa shape index (κ2) is 24.8. The van der Waals surface area contributed by atoms with Crippen LogP contribution in [0.25, 0.3) is 0 Å². The fourth-order valence-electron chi connectivity index (χ4n) is 4.21. The van der Waals surface area contributed by atoms with Crippen LogP contribution in [0.15, 0.2) is 0 Å². The summed E-state index contributed by atoms with van der Waals surface area (Å²) in [6.07, 6.45) is 29.4. The molecule has 2 atom stereocenters. The number of hydrogen-bond acceptors (Lipinski definition) is 0. The highest BCUT2D eigenvalue weighted by atomic mass is 14.1. The molecule has 176 valence electrons. The summed E-state index contributed by atoms with van der Waals surface area (Å²) in [5.74, 6) is 8.53. The summed E-state index contributed by atoms with van der Waals surface area (Å²) < 4.78 is 0. The second-order valence-corrected chi connectivity index (χ2v) is 9.88. The van der Waals surface area contributed by atoms with E-state index in [1.54, 1.807) is 0 Å². The Labute approximate surface area is 192 Å². The Hall–Kier alpha value is -0.440. The molecule has 0 aromatic heterocycles. The van der Waals surface area contributed by atoms with Crippen LogP contribution in [0.4, 0.5) is 0 Å². The molecular formula is C30H56. The molecule has 2 unspecified atom stereocenters. The molecule has 0 bridgehead atoms. The Morgan fingerprint density at radius 2 is 0.767 bits per heavy atom. The van der Waals surface area contributed by atoms with Gasteiger partial charge < -0.3 is 0 Å². The Morgan fingerprint density at radius 3 is 1.23 bits per heavy atom. The van der Waals surface area contributed by atoms with Crippen LogP contribution < -0.4 is 0 Å². The van der Waals surface area contributed by atoms with E-state index in [0.717, 1.165) is 37.5 Å². The summed E-state index contributed by atoms with van der Waals surface area (Å²) >= 11 is 0. The number of rotatable bonds is 22. The minimum Gasteiger partial charge on any atom is -0.103 e. The first kappa shape index (κ1) is 29.6. The average molecular weight is 417 g/mol. The van der Waals surface area contributed by atoms with E-state index in [1.165, 1.54) is 116 Å². The van der Waals surface area contributed by atoms with E-state index in [4.69, 9.17) is 0 Å². The fourth-order valence-corrected chi connectivity index (χ4v) is 4.21. The van der Waals surface area contributed by atoms with Gasteiger partial charge in [0.25, 0.3) is 0 Å². The van der Waals surface area contributed by atoms with Crippen LogP contribution in [-0.2, 0) is 0 Å². The first-order valence-corrected chi connectivity index (χ1v) is 13.7. The summed E-state index contributed by atoms with van der Waals surface area (Å²) in [6, 6.07) is 0. The van der Waals surface area contributed by atoms with Crippen molar-refractivity contribution in [2.24, 2.45) is 11.8 Å². The van der Waals surface area contributed by atoms with Crippen LogP contribution in [0.1, 0.15) is 155 Å². The van der Waals surface area contributed by atoms with E-state index < -0.39 is 0 Å². The summed E-state index contributed by atoms with van der Waals surface area (Å²) in [5, 5.41) is 0. The van der Waals surface area contributed by atoms with Crippen LogP contribution in [0.5, 0.6) is 0 Å². The predicted octanol–water partition coefficient (Wildman–Crippen LogP) is 10.5. The van der Waals surface area contributed by atoms with Crippen molar-refractivity contribution in [1.29, 1.82) is 0 Å². The van der Waals surface area contributed by atoms with Gasteiger partial charge in [-0.25, -0.2) is 0 Å². The highest BCUT2D eigenvalue weighted by Gasteiger charge is 2.07. The lowest BCUT2D eigenvalue weighted by Crippen LogP contribution is -2.01. The molecule has 0 nitrogen and oxygen atoms in total. The third-order valence-corrected chi connectivity index (χ3v) is 6.52. The quantitative estimate of drug-likeness (QED) is 0.122. The van der Waals surface area contributed by atoms with Crippen molar-refractivity contribution in [3.63, 3.8) is 0 Å². The molecule has 0 fully saturated rings. The molecule has 0 rings (SSSR count). The van der Waals surface area contributed by atoms with E-state index in [1.807, 2.05) is 0 Å². The van der Waals surface area contributed by atoms with Crippen molar-refractivity contribution in [1.82, 2.24) is 0 Å². The van der Waals surface area contributed by atoms with E-state index in [9.17, 15) is 0 Å². The van der Waals surface area contributed by atoms with Crippen molar-refractivity contribution in [3.8, 4) is 11.8 Å². The van der Waals surface area contributed by atoms with Gasteiger partial charge in [-0.05, 0) is 24.7 Å². The zero-order valence-corrected chi connectivity index (χ0v) is 21.1. The van der Waals surface area contributed by atoms with Crippen molar-refractivity contribution < 1.29 is 0 Å². The lowest BCUT2D eigenvalue weighted by Gasteiger charge is -2.15. The molecule has 0 amide bonds. The Bertz CT molecular complexity index is 371. The van der Waals surface area contributed by atoms with Crippen molar-refractivity contribution in [2.75, 3.05) is 0 Å². The molecule has 0 spiro atoms. The highest BCUT2D eigenvalue weighted by molar-refractivity contribution is 4.98. The molecule has 2 radical (unpaired) electrons. The zero-order valence-electron chi connectivity index (χ0n) is 21.1. The van der Waals surface area contributed by atoms with Gasteiger partial charge in [-0.15, -0.1) is 11.8 Å². The summed E-state index contributed by atoms with van der Waals surface area (Å²) in [4.78, 5) is 0. The number of hydrogen-bond donors (Lipinski definition) is 0. The molecule has 0 N–H and O–H groups in total. The summed E-state index contributed by atoms with van der Waals surface area (Å²) in [6.45, 7) is 12.7. The van der Waals surface area contributed by atoms with Gasteiger partial charge in [0.1, 0.15) is 0 Å². The molecule has 0 aromatic rings. The third kappa shape index (κ3) is 23.8. The smallest absolute Gasteiger partial charge is 0.00886 e. The van der Waals surface area contributed by atoms with Crippen LogP contribution in [0.3, 0.4) is 0 Å². The lowest BCUT2D eigenvalue weighted by molar-refractivity contribution is 0.379. The second-order valence-electron chi connectivity index (χ2n) is 9.88. The molecule has 0 saturated carbocycles. The van der Waals surface area contributed by atoms with Gasteiger partial charge >= 0.3 is 0 Å². The van der Waals surface area contributed by atoms with E-state index >= 15 is 0 Å². The minimum absolute atomic E-state index is 0.895. The zero-order chi connectivity index (χ0) is 22.1. The van der Waals surface area contributed by atoms with E-state index in [-0.39, 0.29) is 0 Å². The Balaban J connectivity index is 3.37. The molecule has 0 aliphatic heterocycles. The van der Waals surface area contributed by atoms with Crippen molar-refractivity contribution in [2.45, 2.75) is 155 Å². The molecular weight excluding hydrogens is 360 g/mol. The fraction of sp³-hybridized carbons (Fsp3) is 0.867. The van der Waals surface area contributed by atoms with Crippen LogP contribution in [0.2, 0.25) is 0 Å². The normalized spacial score (nSPS) is 13.1. The lowest BCUT2D eigenvalue weighted by atomic mass is 9.91. The molecule has 0 aliphatic rings. The molecule has 0 aliphatic carbocycles. The molecule has 0 heteroatoms. The molecule has 0 aromatic carbocycles. The van der Waals surface area contributed by atoms with Gasteiger partial charge in [0, 0.05) is 12.8 Å². The van der Waals surface area contributed by atoms with Gasteiger partial charge in [-0.2, -0.15) is 0 Å². The van der Waals surface area contributed by atoms with Crippen LogP contribution >= 0.6 is 0 Å². The largest absolute Gasteiger partial charge is 0.103 e. The van der Waals surface area contributed by atoms with Gasteiger partial charge in [-0.1, -0.05) is 143 Å². The summed E-state index contributed by atoms with van der Waals surface area (Å²) in [7, 11) is 0. The minimum atomic E-state index is 0.895. The maximum atomic E-state index is 3.92. The third-order valence-electron chi connectivity index (χ3n) is 6.52. The molecule has 0 saturated heterocycles. The summed E-state index contributed by atoms with van der Waals surface area (Å²) in [5.41, 5.74) is 0. The van der Waals surface area contributed by atoms with Gasteiger partial charge in [0.2, 0.25) is 0 Å². The maximum absolute atomic E-state index is 3.92. The van der Waals surface area contributed by atoms with Crippen LogP contribution in [0, 0.1) is 37.5 Å². The van der Waals surface area contributed by atoms with Gasteiger partial charge in [0.15, 0.2) is 0 Å². The Kier molecular flexibility index (Phi) is 24.5. The van der Waals surface area contributed by atoms with Crippen molar-refractivity contribution in [3.05, 3.63) is 13.8 Å². The Morgan fingerprint density at radius 1 is 0.433 bits per heavy atom. The SMILES string of the molecule is [CH2]CCCCCC#CCCCCC(C)CCC(C)CCCCCCCCCCC[CH2]. The molecule has 0 heterocycles. The van der Waals surface area contributed by atoms with Gasteiger partial charge in [0.05, 0.1) is 0 Å². The number of unbranched alkanes of at least 4 members (excludes halogenated alkanes) is 15. The molecule has 30 heavy (non-hydrogen) atoms. The first-order valence-electron chi connectivity index (χ1n) is 13.7. The average Bonchev–Trinajstić information content (AvgIpc) is 2.75. The highest BCUT2D eigenvalue weighted by Crippen LogP contribution is 2.22. The first-order chi connectivity index (χ1) is 14.7. The maximum Gasteiger partial charge on any atom is 0.00886 e. The predicted molar refractivity (Wildman–Crippen MR) is 138 cm³/mol. The monoisotopic (exact) mass is 416 g/mol.